The highest BCUT2D eigenvalue weighted by Gasteiger charge is 2.16. The summed E-state index contributed by atoms with van der Waals surface area (Å²) < 4.78 is 4.78. The minimum absolute atomic E-state index is 0.0862. The van der Waals surface area contributed by atoms with Crippen molar-refractivity contribution >= 4 is 5.97 Å². The molecule has 1 aromatic rings. The van der Waals surface area contributed by atoms with Crippen molar-refractivity contribution in [1.82, 2.24) is 5.32 Å². The molecule has 0 aliphatic rings. The van der Waals surface area contributed by atoms with E-state index < -0.39 is 12.0 Å². The van der Waals surface area contributed by atoms with Gasteiger partial charge in [0, 0.05) is 19.2 Å². The minimum atomic E-state index is -0.975. The van der Waals surface area contributed by atoms with Crippen molar-refractivity contribution in [2.75, 3.05) is 13.7 Å². The van der Waals surface area contributed by atoms with Crippen molar-refractivity contribution in [2.45, 2.75) is 12.6 Å². The number of aromatic hydroxyl groups is 1. The number of methoxy groups -OCH3 is 1. The van der Waals surface area contributed by atoms with Crippen molar-refractivity contribution in [2.24, 2.45) is 0 Å². The number of hydrogen-bond acceptors (Lipinski definition) is 4. The highest BCUT2D eigenvalue weighted by Crippen LogP contribution is 2.14. The fourth-order valence-electron chi connectivity index (χ4n) is 1.28. The summed E-state index contributed by atoms with van der Waals surface area (Å²) in [6, 6.07) is 6.01. The van der Waals surface area contributed by atoms with Gasteiger partial charge in [-0.1, -0.05) is 18.2 Å². The van der Waals surface area contributed by atoms with Gasteiger partial charge in [-0.25, -0.2) is 0 Å². The van der Waals surface area contributed by atoms with Crippen LogP contribution in [0.3, 0.4) is 0 Å². The first-order valence-electron chi connectivity index (χ1n) is 4.87. The highest BCUT2D eigenvalue weighted by atomic mass is 16.5. The van der Waals surface area contributed by atoms with Gasteiger partial charge in [0.05, 0.1) is 6.61 Å². The molecule has 0 saturated carbocycles. The van der Waals surface area contributed by atoms with Gasteiger partial charge >= 0.3 is 5.97 Å². The predicted molar refractivity (Wildman–Crippen MR) is 58.2 cm³/mol. The fraction of sp³-hybridized carbons (Fsp3) is 0.364. The molecule has 1 aromatic carbocycles. The molecule has 0 aromatic heterocycles. The molecule has 0 spiro atoms. The molecule has 5 nitrogen and oxygen atoms in total. The minimum Gasteiger partial charge on any atom is -0.508 e. The highest BCUT2D eigenvalue weighted by molar-refractivity contribution is 5.73. The molecule has 0 heterocycles. The lowest BCUT2D eigenvalue weighted by Gasteiger charge is -2.13. The second-order valence-electron chi connectivity index (χ2n) is 3.36. The Balaban J connectivity index is 2.55. The molecule has 88 valence electrons. The van der Waals surface area contributed by atoms with Crippen LogP contribution in [-0.4, -0.2) is 35.9 Å². The zero-order valence-corrected chi connectivity index (χ0v) is 9.01. The normalized spacial score (nSPS) is 12.3. The van der Waals surface area contributed by atoms with Gasteiger partial charge in [0.15, 0.2) is 0 Å². The van der Waals surface area contributed by atoms with E-state index >= 15 is 0 Å². The van der Waals surface area contributed by atoms with Crippen LogP contribution in [0.2, 0.25) is 0 Å². The number of carboxylic acid groups (broad SMARTS) is 1. The summed E-state index contributed by atoms with van der Waals surface area (Å²) in [5.74, 6) is -0.825. The van der Waals surface area contributed by atoms with Gasteiger partial charge in [-0.3, -0.25) is 10.1 Å². The van der Waals surface area contributed by atoms with Crippen molar-refractivity contribution in [1.29, 1.82) is 0 Å². The Morgan fingerprint density at radius 2 is 2.19 bits per heavy atom. The predicted octanol–water partition coefficient (Wildman–Crippen LogP) is 0.581. The molecular formula is C11H15NO4. The lowest BCUT2D eigenvalue weighted by atomic mass is 10.2. The van der Waals surface area contributed by atoms with E-state index in [0.29, 0.717) is 5.56 Å². The molecule has 1 unspecified atom stereocenters. The van der Waals surface area contributed by atoms with E-state index in [1.165, 1.54) is 7.11 Å². The first kappa shape index (κ1) is 12.5. The Hall–Kier alpha value is -1.59. The van der Waals surface area contributed by atoms with Gasteiger partial charge in [0.1, 0.15) is 11.8 Å². The van der Waals surface area contributed by atoms with E-state index in [1.54, 1.807) is 24.3 Å². The van der Waals surface area contributed by atoms with Gasteiger partial charge in [0.2, 0.25) is 0 Å². The summed E-state index contributed by atoms with van der Waals surface area (Å²) in [7, 11) is 1.44. The largest absolute Gasteiger partial charge is 0.508 e. The summed E-state index contributed by atoms with van der Waals surface area (Å²) in [6.45, 7) is 0.371. The average molecular weight is 225 g/mol. The molecule has 1 rings (SSSR count). The van der Waals surface area contributed by atoms with Crippen LogP contribution >= 0.6 is 0 Å². The SMILES string of the molecule is COCC(NCc1ccccc1O)C(=O)O. The van der Waals surface area contributed by atoms with Crippen molar-refractivity contribution in [3.05, 3.63) is 29.8 Å². The van der Waals surface area contributed by atoms with Crippen LogP contribution in [0.5, 0.6) is 5.75 Å². The third-order valence-corrected chi connectivity index (χ3v) is 2.16. The lowest BCUT2D eigenvalue weighted by molar-refractivity contribution is -0.140. The summed E-state index contributed by atoms with van der Waals surface area (Å²) >= 11 is 0. The van der Waals surface area contributed by atoms with Crippen LogP contribution in [0.15, 0.2) is 24.3 Å². The standard InChI is InChI=1S/C11H15NO4/c1-16-7-9(11(14)15)12-6-8-4-2-3-5-10(8)13/h2-5,9,12-13H,6-7H2,1H3,(H,14,15). The number of phenolic OH excluding ortho intramolecular Hbond substituents is 1. The maximum atomic E-state index is 10.8. The smallest absolute Gasteiger partial charge is 0.323 e. The Labute approximate surface area is 93.7 Å². The monoisotopic (exact) mass is 225 g/mol. The van der Waals surface area contributed by atoms with E-state index in [1.807, 2.05) is 0 Å². The maximum absolute atomic E-state index is 10.8. The van der Waals surface area contributed by atoms with Crippen LogP contribution in [0, 0.1) is 0 Å². The molecule has 0 radical (unpaired) electrons. The zero-order chi connectivity index (χ0) is 12.0. The number of carbonyl (C=O) groups is 1. The van der Waals surface area contributed by atoms with Gasteiger partial charge in [0.25, 0.3) is 0 Å². The average Bonchev–Trinajstić information content (AvgIpc) is 2.26. The number of carboxylic acids is 1. The van der Waals surface area contributed by atoms with E-state index in [2.05, 4.69) is 5.32 Å². The van der Waals surface area contributed by atoms with E-state index in [0.717, 1.165) is 0 Å². The quantitative estimate of drug-likeness (QED) is 0.660. The first-order chi connectivity index (χ1) is 7.65. The number of benzene rings is 1. The van der Waals surface area contributed by atoms with Gasteiger partial charge in [-0.2, -0.15) is 0 Å². The summed E-state index contributed by atoms with van der Waals surface area (Å²) in [4.78, 5) is 10.8. The molecular weight excluding hydrogens is 210 g/mol. The van der Waals surface area contributed by atoms with Crippen LogP contribution in [0.4, 0.5) is 0 Å². The number of ether oxygens (including phenoxy) is 1. The van der Waals surface area contributed by atoms with Crippen molar-refractivity contribution < 1.29 is 19.7 Å². The molecule has 3 N–H and O–H groups in total. The van der Waals surface area contributed by atoms with Crippen LogP contribution < -0.4 is 5.32 Å². The number of rotatable bonds is 6. The molecule has 16 heavy (non-hydrogen) atoms. The Morgan fingerprint density at radius 3 is 2.75 bits per heavy atom. The second-order valence-corrected chi connectivity index (χ2v) is 3.36. The molecule has 0 saturated heterocycles. The number of aliphatic carboxylic acids is 1. The number of para-hydroxylation sites is 1. The zero-order valence-electron chi connectivity index (χ0n) is 9.01. The van der Waals surface area contributed by atoms with Crippen molar-refractivity contribution in [3.63, 3.8) is 0 Å². The Bertz CT molecular complexity index is 354. The Kier molecular flexibility index (Phi) is 4.75. The summed E-state index contributed by atoms with van der Waals surface area (Å²) in [5.41, 5.74) is 0.657. The molecule has 0 fully saturated rings. The lowest BCUT2D eigenvalue weighted by Crippen LogP contribution is -2.39. The Morgan fingerprint density at radius 1 is 1.50 bits per heavy atom. The van der Waals surface area contributed by atoms with Gasteiger partial charge in [-0.15, -0.1) is 0 Å². The van der Waals surface area contributed by atoms with E-state index in [4.69, 9.17) is 9.84 Å². The van der Waals surface area contributed by atoms with E-state index in [9.17, 15) is 9.90 Å². The summed E-state index contributed by atoms with van der Waals surface area (Å²) in [5, 5.41) is 21.1. The molecule has 0 aliphatic heterocycles. The third kappa shape index (κ3) is 3.52. The number of phenols is 1. The molecule has 0 amide bonds. The van der Waals surface area contributed by atoms with Crippen LogP contribution in [0.1, 0.15) is 5.56 Å². The van der Waals surface area contributed by atoms with Crippen molar-refractivity contribution in [3.8, 4) is 5.75 Å². The van der Waals surface area contributed by atoms with Crippen LogP contribution in [0.25, 0.3) is 0 Å². The number of nitrogens with one attached hydrogen (secondary N) is 1. The van der Waals surface area contributed by atoms with Gasteiger partial charge in [-0.05, 0) is 6.07 Å². The fourth-order valence-corrected chi connectivity index (χ4v) is 1.28. The van der Waals surface area contributed by atoms with Crippen LogP contribution in [-0.2, 0) is 16.1 Å². The topological polar surface area (TPSA) is 78.8 Å². The molecule has 0 bridgehead atoms. The first-order valence-corrected chi connectivity index (χ1v) is 4.87. The van der Waals surface area contributed by atoms with E-state index in [-0.39, 0.29) is 18.9 Å². The van der Waals surface area contributed by atoms with Gasteiger partial charge < -0.3 is 14.9 Å². The molecule has 5 heteroatoms. The molecule has 1 atom stereocenters. The maximum Gasteiger partial charge on any atom is 0.323 e. The number of hydrogen-bond donors (Lipinski definition) is 3. The second kappa shape index (κ2) is 6.09. The molecule has 0 aliphatic carbocycles. The third-order valence-electron chi connectivity index (χ3n) is 2.16. The summed E-state index contributed by atoms with van der Waals surface area (Å²) in [6.07, 6.45) is 0.